The molecule has 0 bridgehead atoms. The summed E-state index contributed by atoms with van der Waals surface area (Å²) < 4.78 is 5.67. The Morgan fingerprint density at radius 1 is 1.00 bits per heavy atom. The third-order valence-corrected chi connectivity index (χ3v) is 7.54. The van der Waals surface area contributed by atoms with Crippen molar-refractivity contribution in [1.82, 2.24) is 14.9 Å². The smallest absolute Gasteiger partial charge is 0.410 e. The van der Waals surface area contributed by atoms with E-state index in [1.807, 2.05) is 69.3 Å². The number of rotatable bonds is 3. The number of carbonyl (C=O) groups excluding carboxylic acids is 2. The predicted molar refractivity (Wildman–Crippen MR) is 160 cm³/mol. The first-order chi connectivity index (χ1) is 19.5. The van der Waals surface area contributed by atoms with Crippen molar-refractivity contribution in [2.75, 3.05) is 11.4 Å². The van der Waals surface area contributed by atoms with E-state index in [4.69, 9.17) is 9.73 Å². The molecule has 4 aromatic rings. The average molecular weight is 548 g/mol. The molecule has 4 heterocycles. The highest BCUT2D eigenvalue weighted by atomic mass is 16.6. The zero-order valence-corrected chi connectivity index (χ0v) is 24.0. The Morgan fingerprint density at radius 2 is 1.80 bits per heavy atom. The molecule has 0 saturated heterocycles. The highest BCUT2D eigenvalue weighted by Gasteiger charge is 2.37. The summed E-state index contributed by atoms with van der Waals surface area (Å²) >= 11 is 0. The number of fused-ring (bicyclic) bond motifs is 3. The number of aromatic nitrogens is 2. The average Bonchev–Trinajstić information content (AvgIpc) is 3.27. The normalized spacial score (nSPS) is 16.3. The summed E-state index contributed by atoms with van der Waals surface area (Å²) in [6, 6.07) is 17.6. The first-order valence-corrected chi connectivity index (χ1v) is 13.8. The second kappa shape index (κ2) is 9.80. The van der Waals surface area contributed by atoms with Crippen LogP contribution in [-0.2, 0) is 23.2 Å². The fraction of sp³-hybridized carbons (Fsp3) is 0.303. The molecular weight excluding hydrogens is 514 g/mol. The fourth-order valence-corrected chi connectivity index (χ4v) is 5.73. The molecule has 0 fully saturated rings. The summed E-state index contributed by atoms with van der Waals surface area (Å²) in [6.07, 6.45) is 4.86. The number of carbonyl (C=O) groups is 2. The van der Waals surface area contributed by atoms with Crippen molar-refractivity contribution in [3.63, 3.8) is 0 Å². The zero-order valence-electron chi connectivity index (χ0n) is 24.0. The van der Waals surface area contributed by atoms with Gasteiger partial charge in [0.1, 0.15) is 5.60 Å². The Morgan fingerprint density at radius 3 is 2.61 bits per heavy atom. The number of amides is 2. The lowest BCUT2D eigenvalue weighted by Crippen LogP contribution is -2.46. The van der Waals surface area contributed by atoms with Crippen LogP contribution in [0.25, 0.3) is 11.0 Å². The molecule has 8 nitrogen and oxygen atoms in total. The van der Waals surface area contributed by atoms with Crippen molar-refractivity contribution >= 4 is 40.6 Å². The monoisotopic (exact) mass is 547 g/mol. The van der Waals surface area contributed by atoms with Crippen molar-refractivity contribution in [2.24, 2.45) is 4.99 Å². The molecule has 208 valence electrons. The summed E-state index contributed by atoms with van der Waals surface area (Å²) in [5, 5.41) is 0.900. The first-order valence-electron chi connectivity index (χ1n) is 13.8. The molecule has 0 unspecified atom stereocenters. The van der Waals surface area contributed by atoms with Gasteiger partial charge in [0, 0.05) is 53.7 Å². The van der Waals surface area contributed by atoms with Crippen LogP contribution in [0.3, 0.4) is 0 Å². The summed E-state index contributed by atoms with van der Waals surface area (Å²) in [5.74, 6) is -0.0898. The second-order valence-electron chi connectivity index (χ2n) is 12.3. The summed E-state index contributed by atoms with van der Waals surface area (Å²) in [5.41, 5.74) is 5.86. The van der Waals surface area contributed by atoms with E-state index in [2.05, 4.69) is 29.9 Å². The van der Waals surface area contributed by atoms with Gasteiger partial charge in [0.15, 0.2) is 5.65 Å². The van der Waals surface area contributed by atoms with Crippen LogP contribution in [0.1, 0.15) is 67.2 Å². The van der Waals surface area contributed by atoms with Gasteiger partial charge < -0.3 is 14.5 Å². The molecule has 0 N–H and O–H groups in total. The largest absolute Gasteiger partial charge is 0.444 e. The van der Waals surface area contributed by atoms with Crippen molar-refractivity contribution < 1.29 is 14.3 Å². The van der Waals surface area contributed by atoms with E-state index >= 15 is 0 Å². The SMILES string of the molecule is CC(C)(C)OC(=O)N1Cc2cc(N3Cc4cccc(/N=C/c5ccnc6ncccc56)c4C3=O)ccc2C(C)(C)C1. The highest BCUT2D eigenvalue weighted by molar-refractivity contribution is 6.13. The van der Waals surface area contributed by atoms with Gasteiger partial charge in [-0.25, -0.2) is 14.8 Å². The van der Waals surface area contributed by atoms with Crippen molar-refractivity contribution in [3.05, 3.63) is 94.8 Å². The number of pyridine rings is 2. The zero-order chi connectivity index (χ0) is 28.9. The summed E-state index contributed by atoms with van der Waals surface area (Å²) in [6.45, 7) is 11.3. The van der Waals surface area contributed by atoms with Gasteiger partial charge >= 0.3 is 6.09 Å². The second-order valence-corrected chi connectivity index (χ2v) is 12.3. The van der Waals surface area contributed by atoms with Crippen molar-refractivity contribution in [3.8, 4) is 0 Å². The third-order valence-electron chi connectivity index (χ3n) is 7.54. The quantitative estimate of drug-likeness (QED) is 0.271. The van der Waals surface area contributed by atoms with E-state index < -0.39 is 5.60 Å². The van der Waals surface area contributed by atoms with Gasteiger partial charge in [0.25, 0.3) is 5.91 Å². The van der Waals surface area contributed by atoms with Crippen LogP contribution in [0.2, 0.25) is 0 Å². The van der Waals surface area contributed by atoms with Gasteiger partial charge in [0.05, 0.1) is 17.8 Å². The molecule has 0 spiro atoms. The standard InChI is InChI=1S/C33H33N5O3/c1-32(2,3)41-31(40)37-18-23-16-24(11-12-26(23)33(4,5)20-37)38-19-22-8-6-10-27(28(22)30(38)39)36-17-21-13-15-35-29-25(21)9-7-14-34-29/h6-17H,18-20H2,1-5H3/b36-17+. The van der Waals surface area contributed by atoms with Gasteiger partial charge in [-0.3, -0.25) is 9.79 Å². The molecule has 2 amide bonds. The molecule has 2 aromatic heterocycles. The molecule has 0 atom stereocenters. The highest BCUT2D eigenvalue weighted by Crippen LogP contribution is 2.39. The Hall–Kier alpha value is -4.59. The Balaban J connectivity index is 1.29. The molecule has 6 rings (SSSR count). The summed E-state index contributed by atoms with van der Waals surface area (Å²) in [4.78, 5) is 43.7. The predicted octanol–water partition coefficient (Wildman–Crippen LogP) is 6.57. The van der Waals surface area contributed by atoms with Crippen LogP contribution in [0.5, 0.6) is 0 Å². The van der Waals surface area contributed by atoms with E-state index in [-0.39, 0.29) is 17.4 Å². The van der Waals surface area contributed by atoms with E-state index in [0.717, 1.165) is 27.8 Å². The maximum absolute atomic E-state index is 13.8. The van der Waals surface area contributed by atoms with Gasteiger partial charge in [-0.2, -0.15) is 0 Å². The van der Waals surface area contributed by atoms with E-state index in [1.165, 1.54) is 5.56 Å². The van der Waals surface area contributed by atoms with Crippen LogP contribution < -0.4 is 4.90 Å². The van der Waals surface area contributed by atoms with Crippen molar-refractivity contribution in [1.29, 1.82) is 0 Å². The summed E-state index contributed by atoms with van der Waals surface area (Å²) in [7, 11) is 0. The minimum atomic E-state index is -0.571. The molecule has 2 aliphatic heterocycles. The third kappa shape index (κ3) is 5.06. The molecule has 8 heteroatoms. The lowest BCUT2D eigenvalue weighted by atomic mass is 9.78. The lowest BCUT2D eigenvalue weighted by molar-refractivity contribution is 0.0174. The molecule has 41 heavy (non-hydrogen) atoms. The van der Waals surface area contributed by atoms with E-state index in [0.29, 0.717) is 36.5 Å². The molecule has 0 saturated carbocycles. The Labute approximate surface area is 239 Å². The van der Waals surface area contributed by atoms with Gasteiger partial charge in [-0.05, 0) is 73.9 Å². The maximum Gasteiger partial charge on any atom is 0.410 e. The molecule has 0 radical (unpaired) electrons. The molecule has 2 aromatic carbocycles. The molecule has 0 aliphatic carbocycles. The van der Waals surface area contributed by atoms with Gasteiger partial charge in [0.2, 0.25) is 0 Å². The number of aliphatic imine (C=N–C) groups is 1. The van der Waals surface area contributed by atoms with Crippen molar-refractivity contribution in [2.45, 2.75) is 58.7 Å². The number of anilines is 1. The van der Waals surface area contributed by atoms with Gasteiger partial charge in [-0.15, -0.1) is 0 Å². The number of benzene rings is 2. The van der Waals surface area contributed by atoms with E-state index in [1.54, 1.807) is 28.4 Å². The topological polar surface area (TPSA) is 88.0 Å². The maximum atomic E-state index is 13.8. The van der Waals surface area contributed by atoms with Gasteiger partial charge in [-0.1, -0.05) is 32.0 Å². The fourth-order valence-electron chi connectivity index (χ4n) is 5.73. The lowest BCUT2D eigenvalue weighted by Gasteiger charge is -2.40. The van der Waals surface area contributed by atoms with E-state index in [9.17, 15) is 9.59 Å². The van der Waals surface area contributed by atoms with Crippen LogP contribution in [0.4, 0.5) is 16.2 Å². The minimum Gasteiger partial charge on any atom is -0.444 e. The van der Waals surface area contributed by atoms with Crippen LogP contribution in [0, 0.1) is 0 Å². The number of ether oxygens (including phenoxy) is 1. The Bertz CT molecular complexity index is 1710. The number of nitrogens with zero attached hydrogens (tertiary/aromatic N) is 5. The van der Waals surface area contributed by atoms with Crippen LogP contribution in [-0.4, -0.2) is 45.2 Å². The molecule has 2 aliphatic rings. The minimum absolute atomic E-state index is 0.0898. The molecular formula is C33H33N5O3. The Kier molecular flexibility index (Phi) is 6.36. The number of hydrogen-bond donors (Lipinski definition) is 0. The van der Waals surface area contributed by atoms with Crippen LogP contribution >= 0.6 is 0 Å². The first kappa shape index (κ1) is 26.6. The van der Waals surface area contributed by atoms with Crippen LogP contribution in [0.15, 0.2) is 72.0 Å². The number of hydrogen-bond acceptors (Lipinski definition) is 6.